The molecule has 1 atom stereocenters. The number of hydrogen-bond acceptors (Lipinski definition) is 6. The third-order valence-corrected chi connectivity index (χ3v) is 3.87. The Kier molecular flexibility index (Phi) is 7.55. The summed E-state index contributed by atoms with van der Waals surface area (Å²) >= 11 is 0. The number of carbonyl (C=O) groups is 3. The Morgan fingerprint density at radius 2 is 2.08 bits per heavy atom. The van der Waals surface area contributed by atoms with E-state index in [0.29, 0.717) is 6.42 Å². The summed E-state index contributed by atoms with van der Waals surface area (Å²) in [5.74, 6) is -1.51. The summed E-state index contributed by atoms with van der Waals surface area (Å²) in [7, 11) is 0. The number of allylic oxidation sites excluding steroid dienone is 2. The van der Waals surface area contributed by atoms with Crippen LogP contribution in [0.4, 0.5) is 4.79 Å². The maximum atomic E-state index is 12.3. The quantitative estimate of drug-likeness (QED) is 0.447. The summed E-state index contributed by atoms with van der Waals surface area (Å²) in [6, 6.07) is -1.15. The molecule has 0 fully saturated rings. The van der Waals surface area contributed by atoms with Crippen molar-refractivity contribution in [2.75, 3.05) is 13.2 Å². The van der Waals surface area contributed by atoms with Gasteiger partial charge in [-0.2, -0.15) is 0 Å². The van der Waals surface area contributed by atoms with Gasteiger partial charge < -0.3 is 20.3 Å². The third-order valence-electron chi connectivity index (χ3n) is 3.87. The molecular formula is C18H26N2O6. The second kappa shape index (κ2) is 9.17. The van der Waals surface area contributed by atoms with Crippen molar-refractivity contribution in [3.63, 3.8) is 0 Å². The molecule has 26 heavy (non-hydrogen) atoms. The Morgan fingerprint density at radius 1 is 1.42 bits per heavy atom. The number of aliphatic hydroxyl groups excluding tert-OH is 1. The lowest BCUT2D eigenvalue weighted by atomic mass is 9.76. The van der Waals surface area contributed by atoms with E-state index >= 15 is 0 Å². The van der Waals surface area contributed by atoms with E-state index in [2.05, 4.69) is 16.9 Å². The summed E-state index contributed by atoms with van der Waals surface area (Å²) in [6.07, 6.45) is 1.34. The number of aliphatic hydroxyl groups is 1. The lowest BCUT2D eigenvalue weighted by Crippen LogP contribution is -2.32. The molecule has 0 aromatic heterocycles. The van der Waals surface area contributed by atoms with Crippen LogP contribution in [-0.2, 0) is 14.3 Å². The van der Waals surface area contributed by atoms with Crippen molar-refractivity contribution >= 4 is 23.6 Å². The Morgan fingerprint density at radius 3 is 2.62 bits per heavy atom. The van der Waals surface area contributed by atoms with Crippen molar-refractivity contribution in [2.24, 2.45) is 10.4 Å². The first-order valence-electron chi connectivity index (χ1n) is 8.32. The zero-order valence-electron chi connectivity index (χ0n) is 15.4. The van der Waals surface area contributed by atoms with Crippen LogP contribution in [0.3, 0.4) is 0 Å². The molecule has 0 unspecified atom stereocenters. The topological polar surface area (TPSA) is 125 Å². The number of ether oxygens (including phenoxy) is 1. The highest BCUT2D eigenvalue weighted by Gasteiger charge is 2.34. The summed E-state index contributed by atoms with van der Waals surface area (Å²) in [5.41, 5.74) is -0.0640. The van der Waals surface area contributed by atoms with Crippen LogP contribution >= 0.6 is 0 Å². The van der Waals surface area contributed by atoms with E-state index in [9.17, 15) is 24.6 Å². The number of aliphatic carboxylic acids is 1. The standard InChI is InChI=1S/C18H26N2O6/c1-5-8-26-17(25)19-7-6-12(16(23)24)20-11(2)15-13(21)9-18(3,4)10-14(15)22/h5,12,21H,1,6-10H2,2-4H3,(H,19,25)(H,23,24)/t12-/m0/s1. The van der Waals surface area contributed by atoms with Crippen LogP contribution in [-0.4, -0.2) is 53.0 Å². The lowest BCUT2D eigenvalue weighted by molar-refractivity contribution is -0.138. The number of ketones is 1. The Bertz CT molecular complexity index is 648. The van der Waals surface area contributed by atoms with Gasteiger partial charge in [0.25, 0.3) is 0 Å². The van der Waals surface area contributed by atoms with E-state index < -0.39 is 18.1 Å². The van der Waals surface area contributed by atoms with Gasteiger partial charge in [0.05, 0.1) is 5.57 Å². The van der Waals surface area contributed by atoms with Crippen LogP contribution in [0.25, 0.3) is 0 Å². The van der Waals surface area contributed by atoms with Crippen LogP contribution in [0.5, 0.6) is 0 Å². The molecule has 1 aliphatic carbocycles. The van der Waals surface area contributed by atoms with Crippen molar-refractivity contribution in [2.45, 2.75) is 46.1 Å². The molecule has 0 heterocycles. The number of rotatable bonds is 8. The number of nitrogens with one attached hydrogen (secondary N) is 1. The van der Waals surface area contributed by atoms with E-state index in [0.717, 1.165) is 0 Å². The molecule has 144 valence electrons. The fraction of sp³-hybridized carbons (Fsp3) is 0.556. The highest BCUT2D eigenvalue weighted by atomic mass is 16.5. The molecule has 1 amide bonds. The number of carboxylic acid groups (broad SMARTS) is 1. The van der Waals surface area contributed by atoms with Gasteiger partial charge in [-0.05, 0) is 18.8 Å². The normalized spacial score (nSPS) is 18.3. The number of hydrogen-bond donors (Lipinski definition) is 3. The molecular weight excluding hydrogens is 340 g/mol. The molecule has 0 saturated heterocycles. The van der Waals surface area contributed by atoms with E-state index in [1.807, 2.05) is 13.8 Å². The van der Waals surface area contributed by atoms with Gasteiger partial charge in [-0.3, -0.25) is 9.79 Å². The van der Waals surface area contributed by atoms with E-state index in [1.54, 1.807) is 0 Å². The molecule has 0 saturated carbocycles. The average molecular weight is 366 g/mol. The van der Waals surface area contributed by atoms with Gasteiger partial charge in [-0.25, -0.2) is 9.59 Å². The molecule has 0 aromatic rings. The van der Waals surface area contributed by atoms with Crippen LogP contribution in [0.15, 0.2) is 29.0 Å². The van der Waals surface area contributed by atoms with Gasteiger partial charge in [-0.15, -0.1) is 0 Å². The molecule has 1 aliphatic rings. The summed E-state index contributed by atoms with van der Waals surface area (Å²) < 4.78 is 4.72. The zero-order chi connectivity index (χ0) is 19.9. The molecule has 8 heteroatoms. The van der Waals surface area contributed by atoms with Crippen LogP contribution in [0.2, 0.25) is 0 Å². The van der Waals surface area contributed by atoms with Crippen molar-refractivity contribution in [1.82, 2.24) is 5.32 Å². The van der Waals surface area contributed by atoms with Gasteiger partial charge >= 0.3 is 12.1 Å². The first kappa shape index (κ1) is 21.4. The number of nitrogens with zero attached hydrogens (tertiary/aromatic N) is 1. The van der Waals surface area contributed by atoms with Crippen LogP contribution in [0.1, 0.15) is 40.0 Å². The van der Waals surface area contributed by atoms with Crippen molar-refractivity contribution in [3.05, 3.63) is 24.0 Å². The number of amides is 1. The maximum absolute atomic E-state index is 12.3. The Labute approximate surface area is 152 Å². The summed E-state index contributed by atoms with van der Waals surface area (Å²) in [4.78, 5) is 39.1. The highest BCUT2D eigenvalue weighted by Crippen LogP contribution is 2.36. The van der Waals surface area contributed by atoms with E-state index in [-0.39, 0.29) is 54.2 Å². The molecule has 8 nitrogen and oxygen atoms in total. The molecule has 0 bridgehead atoms. The van der Waals surface area contributed by atoms with Crippen LogP contribution < -0.4 is 5.32 Å². The molecule has 3 N–H and O–H groups in total. The number of alkyl carbamates (subject to hydrolysis) is 1. The SMILES string of the molecule is C=CCOC(=O)NCC[C@H](N=C(C)C1=C(O)CC(C)(C)CC1=O)C(=O)O. The minimum Gasteiger partial charge on any atom is -0.511 e. The fourth-order valence-electron chi connectivity index (χ4n) is 2.74. The third kappa shape index (κ3) is 6.34. The first-order chi connectivity index (χ1) is 12.1. The predicted octanol–water partition coefficient (Wildman–Crippen LogP) is 2.40. The monoisotopic (exact) mass is 366 g/mol. The average Bonchev–Trinajstić information content (AvgIpc) is 2.49. The molecule has 1 rings (SSSR count). The van der Waals surface area contributed by atoms with E-state index in [4.69, 9.17) is 4.74 Å². The molecule has 0 aliphatic heterocycles. The molecule has 0 aromatic carbocycles. The zero-order valence-corrected chi connectivity index (χ0v) is 15.4. The maximum Gasteiger partial charge on any atom is 0.407 e. The predicted molar refractivity (Wildman–Crippen MR) is 96.4 cm³/mol. The number of Topliss-reactive ketones (excluding diaryl/α,β-unsaturated/α-hetero) is 1. The minimum absolute atomic E-state index is 0.0174. The van der Waals surface area contributed by atoms with E-state index in [1.165, 1.54) is 13.0 Å². The second-order valence-corrected chi connectivity index (χ2v) is 6.93. The number of carbonyl (C=O) groups excluding carboxylic acids is 2. The highest BCUT2D eigenvalue weighted by molar-refractivity contribution is 6.22. The Balaban J connectivity index is 2.81. The first-order valence-corrected chi connectivity index (χ1v) is 8.32. The second-order valence-electron chi connectivity index (χ2n) is 6.93. The van der Waals surface area contributed by atoms with Gasteiger partial charge in [0.1, 0.15) is 18.4 Å². The van der Waals surface area contributed by atoms with Gasteiger partial charge in [0, 0.05) is 25.1 Å². The van der Waals surface area contributed by atoms with Gasteiger partial charge in [0.15, 0.2) is 5.78 Å². The van der Waals surface area contributed by atoms with Crippen molar-refractivity contribution in [1.29, 1.82) is 0 Å². The Hall–Kier alpha value is -2.64. The summed E-state index contributed by atoms with van der Waals surface area (Å²) in [5, 5.41) is 21.9. The smallest absolute Gasteiger partial charge is 0.407 e. The summed E-state index contributed by atoms with van der Waals surface area (Å²) in [6.45, 7) is 8.76. The van der Waals surface area contributed by atoms with Crippen LogP contribution in [0, 0.1) is 5.41 Å². The van der Waals surface area contributed by atoms with Gasteiger partial charge in [0.2, 0.25) is 0 Å². The molecule has 0 spiro atoms. The lowest BCUT2D eigenvalue weighted by Gasteiger charge is -2.29. The number of aliphatic imine (C=N–C) groups is 1. The largest absolute Gasteiger partial charge is 0.511 e. The molecule has 0 radical (unpaired) electrons. The van der Waals surface area contributed by atoms with Crippen molar-refractivity contribution < 1.29 is 29.3 Å². The number of carboxylic acids is 1. The van der Waals surface area contributed by atoms with Gasteiger partial charge in [-0.1, -0.05) is 26.5 Å². The van der Waals surface area contributed by atoms with Crippen molar-refractivity contribution in [3.8, 4) is 0 Å². The minimum atomic E-state index is -1.19. The fourth-order valence-corrected chi connectivity index (χ4v) is 2.74.